The monoisotopic (exact) mass is 267 g/mol. The maximum Gasteiger partial charge on any atom is 0.137 e. The van der Waals surface area contributed by atoms with E-state index in [2.05, 4.69) is 43.7 Å². The average molecular weight is 267 g/mol. The Hall–Kier alpha value is -2.27. The first-order valence-electron chi connectivity index (χ1n) is 6.80. The summed E-state index contributed by atoms with van der Waals surface area (Å²) in [5.41, 5.74) is 1.24. The number of benzene rings is 1. The van der Waals surface area contributed by atoms with E-state index in [0.717, 1.165) is 31.8 Å². The summed E-state index contributed by atoms with van der Waals surface area (Å²) in [7, 11) is 0. The molecule has 0 fully saturated rings. The fraction of sp³-hybridized carbons (Fsp3) is 0.267. The summed E-state index contributed by atoms with van der Waals surface area (Å²) in [6, 6.07) is 8.34. The van der Waals surface area contributed by atoms with Gasteiger partial charge in [0.15, 0.2) is 0 Å². The third-order valence-corrected chi connectivity index (χ3v) is 3.30. The van der Waals surface area contributed by atoms with Crippen LogP contribution in [0.1, 0.15) is 17.8 Å². The van der Waals surface area contributed by atoms with Crippen molar-refractivity contribution in [1.82, 2.24) is 25.5 Å². The lowest BCUT2D eigenvalue weighted by Crippen LogP contribution is -2.16. The van der Waals surface area contributed by atoms with Crippen molar-refractivity contribution in [3.8, 4) is 0 Å². The minimum Gasteiger partial charge on any atom is -0.313 e. The van der Waals surface area contributed by atoms with Gasteiger partial charge in [0.1, 0.15) is 12.2 Å². The van der Waals surface area contributed by atoms with Crippen molar-refractivity contribution in [3.05, 3.63) is 54.4 Å². The van der Waals surface area contributed by atoms with Crippen LogP contribution in [0.4, 0.5) is 0 Å². The summed E-state index contributed by atoms with van der Waals surface area (Å²) in [4.78, 5) is 8.40. The molecule has 0 aliphatic carbocycles. The molecule has 5 heteroatoms. The number of aromatic amines is 1. The highest BCUT2D eigenvalue weighted by Crippen LogP contribution is 2.16. The smallest absolute Gasteiger partial charge is 0.137 e. The molecule has 0 radical (unpaired) electrons. The maximum absolute atomic E-state index is 4.29. The molecule has 0 atom stereocenters. The number of nitrogens with zero attached hydrogens (tertiary/aromatic N) is 3. The Kier molecular flexibility index (Phi) is 3.99. The van der Waals surface area contributed by atoms with E-state index >= 15 is 0 Å². The molecule has 20 heavy (non-hydrogen) atoms. The average Bonchev–Trinajstić information content (AvgIpc) is 3.00. The van der Waals surface area contributed by atoms with Crippen LogP contribution in [0.2, 0.25) is 0 Å². The first-order valence-corrected chi connectivity index (χ1v) is 6.80. The molecule has 102 valence electrons. The third kappa shape index (κ3) is 3.00. The van der Waals surface area contributed by atoms with Crippen LogP contribution >= 0.6 is 0 Å². The van der Waals surface area contributed by atoms with Crippen molar-refractivity contribution >= 4 is 10.8 Å². The minimum atomic E-state index is 0.838. The SMILES string of the molecule is c1ccc2c(CNCCCc3ncn[nH]3)cncc2c1. The van der Waals surface area contributed by atoms with E-state index in [1.807, 2.05) is 18.5 Å². The van der Waals surface area contributed by atoms with E-state index in [9.17, 15) is 0 Å². The van der Waals surface area contributed by atoms with Crippen LogP contribution in [-0.4, -0.2) is 26.7 Å². The van der Waals surface area contributed by atoms with Gasteiger partial charge in [0.25, 0.3) is 0 Å². The van der Waals surface area contributed by atoms with Crippen LogP contribution in [0, 0.1) is 0 Å². The first-order chi connectivity index (χ1) is 9.93. The van der Waals surface area contributed by atoms with Gasteiger partial charge in [-0.2, -0.15) is 5.10 Å². The molecular weight excluding hydrogens is 250 g/mol. The fourth-order valence-corrected chi connectivity index (χ4v) is 2.28. The number of hydrogen-bond donors (Lipinski definition) is 2. The van der Waals surface area contributed by atoms with Crippen molar-refractivity contribution in [2.45, 2.75) is 19.4 Å². The molecule has 2 heterocycles. The lowest BCUT2D eigenvalue weighted by molar-refractivity contribution is 0.640. The number of aryl methyl sites for hydroxylation is 1. The summed E-state index contributed by atoms with van der Waals surface area (Å²) in [5.74, 6) is 0.943. The number of fused-ring (bicyclic) bond motifs is 1. The highest BCUT2D eigenvalue weighted by molar-refractivity contribution is 5.84. The Bertz CT molecular complexity index is 658. The van der Waals surface area contributed by atoms with E-state index in [4.69, 9.17) is 0 Å². The zero-order chi connectivity index (χ0) is 13.6. The van der Waals surface area contributed by atoms with Crippen LogP contribution in [0.25, 0.3) is 10.8 Å². The zero-order valence-electron chi connectivity index (χ0n) is 11.2. The van der Waals surface area contributed by atoms with Crippen LogP contribution in [0.15, 0.2) is 43.0 Å². The standard InChI is InChI=1S/C15H17N5/c1-2-5-14-12(4-1)8-17-10-13(14)9-16-7-3-6-15-18-11-19-20-15/h1-2,4-5,8,10-11,16H,3,6-7,9H2,(H,18,19,20). The molecule has 0 bridgehead atoms. The largest absolute Gasteiger partial charge is 0.313 e. The fourth-order valence-electron chi connectivity index (χ4n) is 2.28. The van der Waals surface area contributed by atoms with Gasteiger partial charge in [0.2, 0.25) is 0 Å². The molecule has 1 aromatic carbocycles. The van der Waals surface area contributed by atoms with Crippen molar-refractivity contribution in [2.75, 3.05) is 6.54 Å². The molecule has 0 aliphatic rings. The highest BCUT2D eigenvalue weighted by Gasteiger charge is 2.01. The lowest BCUT2D eigenvalue weighted by atomic mass is 10.1. The van der Waals surface area contributed by atoms with E-state index in [0.29, 0.717) is 0 Å². The molecule has 3 aromatic rings. The Morgan fingerprint density at radius 1 is 1.15 bits per heavy atom. The number of aromatic nitrogens is 4. The Labute approximate surface area is 117 Å². The summed E-state index contributed by atoms with van der Waals surface area (Å²) in [6.45, 7) is 1.79. The summed E-state index contributed by atoms with van der Waals surface area (Å²) >= 11 is 0. The number of nitrogens with one attached hydrogen (secondary N) is 2. The lowest BCUT2D eigenvalue weighted by Gasteiger charge is -2.07. The second-order valence-electron chi connectivity index (χ2n) is 4.73. The van der Waals surface area contributed by atoms with Crippen molar-refractivity contribution in [3.63, 3.8) is 0 Å². The third-order valence-electron chi connectivity index (χ3n) is 3.30. The maximum atomic E-state index is 4.29. The number of H-pyrrole nitrogens is 1. The number of pyridine rings is 1. The molecular formula is C15H17N5. The van der Waals surface area contributed by atoms with Crippen molar-refractivity contribution in [1.29, 1.82) is 0 Å². The molecule has 0 aliphatic heterocycles. The Balaban J connectivity index is 1.52. The molecule has 2 aromatic heterocycles. The van der Waals surface area contributed by atoms with E-state index in [1.54, 1.807) is 6.33 Å². The quantitative estimate of drug-likeness (QED) is 0.671. The van der Waals surface area contributed by atoms with Crippen LogP contribution in [0.5, 0.6) is 0 Å². The first kappa shape index (κ1) is 12.7. The number of hydrogen-bond acceptors (Lipinski definition) is 4. The predicted octanol–water partition coefficient (Wildman–Crippen LogP) is 2.08. The Morgan fingerprint density at radius 3 is 3.00 bits per heavy atom. The minimum absolute atomic E-state index is 0.838. The molecule has 0 spiro atoms. The van der Waals surface area contributed by atoms with Gasteiger partial charge in [-0.1, -0.05) is 24.3 Å². The van der Waals surface area contributed by atoms with Gasteiger partial charge in [-0.15, -0.1) is 0 Å². The second-order valence-corrected chi connectivity index (χ2v) is 4.73. The Morgan fingerprint density at radius 2 is 2.10 bits per heavy atom. The molecule has 0 saturated carbocycles. The van der Waals surface area contributed by atoms with Gasteiger partial charge in [-0.3, -0.25) is 10.1 Å². The van der Waals surface area contributed by atoms with E-state index in [-0.39, 0.29) is 0 Å². The van der Waals surface area contributed by atoms with Gasteiger partial charge < -0.3 is 5.32 Å². The van der Waals surface area contributed by atoms with Gasteiger partial charge >= 0.3 is 0 Å². The van der Waals surface area contributed by atoms with Crippen molar-refractivity contribution < 1.29 is 0 Å². The van der Waals surface area contributed by atoms with Gasteiger partial charge in [-0.05, 0) is 23.9 Å². The van der Waals surface area contributed by atoms with Gasteiger partial charge in [-0.25, -0.2) is 4.98 Å². The number of rotatable bonds is 6. The predicted molar refractivity (Wildman–Crippen MR) is 78.2 cm³/mol. The van der Waals surface area contributed by atoms with Gasteiger partial charge in [0, 0.05) is 30.7 Å². The summed E-state index contributed by atoms with van der Waals surface area (Å²) in [6.07, 6.45) is 7.34. The van der Waals surface area contributed by atoms with Gasteiger partial charge in [0.05, 0.1) is 0 Å². The van der Waals surface area contributed by atoms with E-state index < -0.39 is 0 Å². The second kappa shape index (κ2) is 6.25. The summed E-state index contributed by atoms with van der Waals surface area (Å²) in [5, 5.41) is 12.6. The summed E-state index contributed by atoms with van der Waals surface area (Å²) < 4.78 is 0. The normalized spacial score (nSPS) is 11.0. The van der Waals surface area contributed by atoms with E-state index in [1.165, 1.54) is 16.3 Å². The molecule has 0 unspecified atom stereocenters. The molecule has 0 amide bonds. The molecule has 2 N–H and O–H groups in total. The molecule has 3 rings (SSSR count). The topological polar surface area (TPSA) is 66.5 Å². The molecule has 0 saturated heterocycles. The zero-order valence-corrected chi connectivity index (χ0v) is 11.2. The highest BCUT2D eigenvalue weighted by atomic mass is 15.2. The van der Waals surface area contributed by atoms with Crippen LogP contribution in [0.3, 0.4) is 0 Å². The van der Waals surface area contributed by atoms with Crippen molar-refractivity contribution in [2.24, 2.45) is 0 Å². The molecule has 5 nitrogen and oxygen atoms in total. The van der Waals surface area contributed by atoms with Crippen LogP contribution < -0.4 is 5.32 Å². The van der Waals surface area contributed by atoms with Crippen LogP contribution in [-0.2, 0) is 13.0 Å².